The van der Waals surface area contributed by atoms with Gasteiger partial charge in [0.05, 0.1) is 11.6 Å². The molecule has 2 atom stereocenters. The Bertz CT molecular complexity index is 428. The second kappa shape index (κ2) is 5.52. The number of nitrogens with one attached hydrogen (secondary N) is 1. The van der Waals surface area contributed by atoms with Gasteiger partial charge >= 0.3 is 5.97 Å². The highest BCUT2D eigenvalue weighted by Crippen LogP contribution is 2.31. The molecule has 0 radical (unpaired) electrons. The van der Waals surface area contributed by atoms with Gasteiger partial charge in [-0.15, -0.1) is 0 Å². The number of aliphatic carboxylic acids is 1. The van der Waals surface area contributed by atoms with Gasteiger partial charge in [0, 0.05) is 25.4 Å². The average molecular weight is 251 g/mol. The number of hydrogen-bond acceptors (Lipinski definition) is 3. The normalized spacial score (nSPS) is 23.4. The van der Waals surface area contributed by atoms with Crippen LogP contribution in [0, 0.1) is 18.8 Å². The summed E-state index contributed by atoms with van der Waals surface area (Å²) < 4.78 is 1.81. The molecule has 0 saturated heterocycles. The van der Waals surface area contributed by atoms with Crippen molar-refractivity contribution in [2.45, 2.75) is 32.7 Å². The topological polar surface area (TPSA) is 67.2 Å². The maximum absolute atomic E-state index is 11.1. The molecule has 2 N–H and O–H groups in total. The monoisotopic (exact) mass is 251 g/mol. The van der Waals surface area contributed by atoms with Crippen molar-refractivity contribution in [2.24, 2.45) is 18.9 Å². The number of carbonyl (C=O) groups is 1. The van der Waals surface area contributed by atoms with E-state index in [0.29, 0.717) is 0 Å². The first kappa shape index (κ1) is 13.1. The molecule has 1 fully saturated rings. The molecular weight excluding hydrogens is 230 g/mol. The van der Waals surface area contributed by atoms with Gasteiger partial charge in [0.1, 0.15) is 0 Å². The van der Waals surface area contributed by atoms with Gasteiger partial charge in [0.2, 0.25) is 0 Å². The molecule has 1 saturated carbocycles. The molecule has 5 heteroatoms. The third-order valence-corrected chi connectivity index (χ3v) is 3.81. The minimum atomic E-state index is -0.642. The number of carboxylic acid groups (broad SMARTS) is 1. The van der Waals surface area contributed by atoms with Gasteiger partial charge in [-0.1, -0.05) is 6.42 Å². The maximum Gasteiger partial charge on any atom is 0.306 e. The predicted molar refractivity (Wildman–Crippen MR) is 68.1 cm³/mol. The number of rotatable bonds is 5. The van der Waals surface area contributed by atoms with E-state index in [9.17, 15) is 4.79 Å². The van der Waals surface area contributed by atoms with Gasteiger partial charge in [-0.2, -0.15) is 5.10 Å². The lowest BCUT2D eigenvalue weighted by Gasteiger charge is -2.16. The van der Waals surface area contributed by atoms with Crippen molar-refractivity contribution in [1.82, 2.24) is 15.1 Å². The molecule has 1 heterocycles. The van der Waals surface area contributed by atoms with Crippen LogP contribution in [-0.2, 0) is 18.4 Å². The van der Waals surface area contributed by atoms with Gasteiger partial charge in [-0.05, 0) is 32.2 Å². The van der Waals surface area contributed by atoms with Gasteiger partial charge in [0.25, 0.3) is 0 Å². The molecule has 1 aliphatic rings. The average Bonchev–Trinajstić information content (AvgIpc) is 2.86. The molecule has 1 aromatic heterocycles. The number of aryl methyl sites for hydroxylation is 2. The van der Waals surface area contributed by atoms with Gasteiger partial charge < -0.3 is 10.4 Å². The minimum Gasteiger partial charge on any atom is -0.481 e. The molecule has 18 heavy (non-hydrogen) atoms. The lowest BCUT2D eigenvalue weighted by Crippen LogP contribution is -2.28. The molecule has 0 spiro atoms. The molecule has 5 nitrogen and oxygen atoms in total. The van der Waals surface area contributed by atoms with Crippen LogP contribution in [0.4, 0.5) is 0 Å². The third kappa shape index (κ3) is 2.90. The first-order chi connectivity index (χ1) is 8.58. The highest BCUT2D eigenvalue weighted by molar-refractivity contribution is 5.70. The lowest BCUT2D eigenvalue weighted by atomic mass is 9.96. The summed E-state index contributed by atoms with van der Waals surface area (Å²) in [4.78, 5) is 11.1. The van der Waals surface area contributed by atoms with Crippen LogP contribution in [0.2, 0.25) is 0 Å². The Balaban J connectivity index is 1.82. The summed E-state index contributed by atoms with van der Waals surface area (Å²) in [6.07, 6.45) is 4.89. The van der Waals surface area contributed by atoms with Crippen LogP contribution in [0.3, 0.4) is 0 Å². The van der Waals surface area contributed by atoms with E-state index in [4.69, 9.17) is 5.11 Å². The fraction of sp³-hybridized carbons (Fsp3) is 0.692. The van der Waals surface area contributed by atoms with Crippen LogP contribution in [0.15, 0.2) is 6.20 Å². The van der Waals surface area contributed by atoms with Crippen LogP contribution in [-0.4, -0.2) is 27.4 Å². The Labute approximate surface area is 107 Å². The van der Waals surface area contributed by atoms with E-state index < -0.39 is 5.97 Å². The summed E-state index contributed by atoms with van der Waals surface area (Å²) in [5, 5.41) is 16.8. The fourth-order valence-corrected chi connectivity index (χ4v) is 2.82. The van der Waals surface area contributed by atoms with Crippen LogP contribution in [0.5, 0.6) is 0 Å². The van der Waals surface area contributed by atoms with Crippen LogP contribution in [0.1, 0.15) is 30.5 Å². The highest BCUT2D eigenvalue weighted by Gasteiger charge is 2.32. The lowest BCUT2D eigenvalue weighted by molar-refractivity contribution is -0.142. The van der Waals surface area contributed by atoms with Gasteiger partial charge in [-0.3, -0.25) is 9.48 Å². The van der Waals surface area contributed by atoms with Crippen LogP contribution in [0.25, 0.3) is 0 Å². The van der Waals surface area contributed by atoms with E-state index in [1.165, 1.54) is 5.56 Å². The van der Waals surface area contributed by atoms with E-state index in [-0.39, 0.29) is 11.8 Å². The van der Waals surface area contributed by atoms with Crippen molar-refractivity contribution in [3.8, 4) is 0 Å². The molecule has 1 aliphatic carbocycles. The first-order valence-corrected chi connectivity index (χ1v) is 6.50. The fourth-order valence-electron chi connectivity index (χ4n) is 2.82. The number of aromatic nitrogens is 2. The largest absolute Gasteiger partial charge is 0.481 e. The quantitative estimate of drug-likeness (QED) is 0.828. The highest BCUT2D eigenvalue weighted by atomic mass is 16.4. The van der Waals surface area contributed by atoms with E-state index in [1.807, 2.05) is 24.9 Å². The number of nitrogens with zero attached hydrogens (tertiary/aromatic N) is 2. The van der Waals surface area contributed by atoms with Crippen molar-refractivity contribution in [1.29, 1.82) is 0 Å². The number of carboxylic acids is 1. The SMILES string of the molecule is Cc1nn(C)cc1CNCC1CCCC1C(=O)O. The van der Waals surface area contributed by atoms with E-state index in [0.717, 1.165) is 38.0 Å². The summed E-state index contributed by atoms with van der Waals surface area (Å²) in [6, 6.07) is 0. The molecule has 0 aromatic carbocycles. The van der Waals surface area contributed by atoms with E-state index in [1.54, 1.807) is 0 Å². The zero-order valence-electron chi connectivity index (χ0n) is 11.0. The molecule has 2 rings (SSSR count). The summed E-state index contributed by atoms with van der Waals surface area (Å²) in [7, 11) is 1.91. The summed E-state index contributed by atoms with van der Waals surface area (Å²) in [5.74, 6) is -0.524. The molecule has 0 bridgehead atoms. The standard InChI is InChI=1S/C13H21N3O2/c1-9-11(8-16(2)15-9)7-14-6-10-4-3-5-12(10)13(17)18/h8,10,12,14H,3-7H2,1-2H3,(H,17,18). The molecular formula is C13H21N3O2. The summed E-state index contributed by atoms with van der Waals surface area (Å²) in [5.41, 5.74) is 2.22. The van der Waals surface area contributed by atoms with E-state index >= 15 is 0 Å². The molecule has 0 amide bonds. The molecule has 1 aromatic rings. The molecule has 100 valence electrons. The smallest absolute Gasteiger partial charge is 0.306 e. The Morgan fingerprint density at radius 3 is 3.00 bits per heavy atom. The Hall–Kier alpha value is -1.36. The van der Waals surface area contributed by atoms with Gasteiger partial charge in [0.15, 0.2) is 0 Å². The second-order valence-electron chi connectivity index (χ2n) is 5.18. The summed E-state index contributed by atoms with van der Waals surface area (Å²) in [6.45, 7) is 3.54. The van der Waals surface area contributed by atoms with Crippen molar-refractivity contribution in [3.05, 3.63) is 17.5 Å². The Morgan fingerprint density at radius 2 is 2.39 bits per heavy atom. The first-order valence-electron chi connectivity index (χ1n) is 6.50. The molecule has 2 unspecified atom stereocenters. The second-order valence-corrected chi connectivity index (χ2v) is 5.18. The zero-order valence-corrected chi connectivity index (χ0v) is 11.0. The van der Waals surface area contributed by atoms with Crippen molar-refractivity contribution >= 4 is 5.97 Å². The van der Waals surface area contributed by atoms with Crippen molar-refractivity contribution in [2.75, 3.05) is 6.54 Å². The molecule has 0 aliphatic heterocycles. The van der Waals surface area contributed by atoms with Crippen LogP contribution < -0.4 is 5.32 Å². The third-order valence-electron chi connectivity index (χ3n) is 3.81. The summed E-state index contributed by atoms with van der Waals surface area (Å²) >= 11 is 0. The van der Waals surface area contributed by atoms with Gasteiger partial charge in [-0.25, -0.2) is 0 Å². The Morgan fingerprint density at radius 1 is 1.61 bits per heavy atom. The van der Waals surface area contributed by atoms with Crippen molar-refractivity contribution in [3.63, 3.8) is 0 Å². The number of hydrogen-bond donors (Lipinski definition) is 2. The predicted octanol–water partition coefficient (Wildman–Crippen LogP) is 1.32. The van der Waals surface area contributed by atoms with E-state index in [2.05, 4.69) is 10.4 Å². The minimum absolute atomic E-state index is 0.160. The van der Waals surface area contributed by atoms with Crippen molar-refractivity contribution < 1.29 is 9.90 Å². The van der Waals surface area contributed by atoms with Crippen LogP contribution >= 0.6 is 0 Å². The Kier molecular flexibility index (Phi) is 4.01. The maximum atomic E-state index is 11.1. The zero-order chi connectivity index (χ0) is 13.1.